The number of hydrogen-bond donors (Lipinski definition) is 2. The summed E-state index contributed by atoms with van der Waals surface area (Å²) in [7, 11) is 0. The summed E-state index contributed by atoms with van der Waals surface area (Å²) in [6, 6.07) is 11.7. The monoisotopic (exact) mass is 389 g/mol. The SMILES string of the molecule is Cc1cc2c(NC3c4ccccc4CCC3N3CC4COCC4C3)ncnc2[nH]1. The van der Waals surface area contributed by atoms with Crippen LogP contribution in [0.4, 0.5) is 5.82 Å². The van der Waals surface area contributed by atoms with Crippen molar-refractivity contribution in [3.63, 3.8) is 0 Å². The van der Waals surface area contributed by atoms with Crippen LogP contribution in [-0.4, -0.2) is 52.2 Å². The first-order valence-electron chi connectivity index (χ1n) is 10.7. The van der Waals surface area contributed by atoms with Crippen LogP contribution in [0.15, 0.2) is 36.7 Å². The number of aryl methyl sites for hydroxylation is 2. The Bertz CT molecular complexity index is 1030. The molecule has 6 heteroatoms. The van der Waals surface area contributed by atoms with Crippen LogP contribution in [0.2, 0.25) is 0 Å². The van der Waals surface area contributed by atoms with Gasteiger partial charge in [-0.2, -0.15) is 0 Å². The predicted molar refractivity (Wildman–Crippen MR) is 113 cm³/mol. The molecule has 6 nitrogen and oxygen atoms in total. The summed E-state index contributed by atoms with van der Waals surface area (Å²) in [6.07, 6.45) is 3.97. The maximum atomic E-state index is 5.71. The molecule has 2 saturated heterocycles. The van der Waals surface area contributed by atoms with Crippen molar-refractivity contribution in [2.45, 2.75) is 31.8 Å². The summed E-state index contributed by atoms with van der Waals surface area (Å²) in [4.78, 5) is 15.1. The zero-order valence-corrected chi connectivity index (χ0v) is 16.8. The van der Waals surface area contributed by atoms with Gasteiger partial charge in [-0.3, -0.25) is 4.90 Å². The fraction of sp³-hybridized carbons (Fsp3) is 0.478. The van der Waals surface area contributed by atoms with E-state index in [1.165, 1.54) is 17.5 Å². The lowest BCUT2D eigenvalue weighted by Gasteiger charge is -2.40. The van der Waals surface area contributed by atoms with E-state index in [1.807, 2.05) is 0 Å². The van der Waals surface area contributed by atoms with Gasteiger partial charge >= 0.3 is 0 Å². The molecule has 0 radical (unpaired) electrons. The van der Waals surface area contributed by atoms with E-state index in [-0.39, 0.29) is 6.04 Å². The number of nitrogens with zero attached hydrogens (tertiary/aromatic N) is 3. The van der Waals surface area contributed by atoms with Crippen molar-refractivity contribution in [3.8, 4) is 0 Å². The molecule has 1 aliphatic carbocycles. The average molecular weight is 390 g/mol. The first kappa shape index (κ1) is 17.4. The number of ether oxygens (including phenoxy) is 1. The van der Waals surface area contributed by atoms with E-state index < -0.39 is 0 Å². The number of aromatic amines is 1. The number of anilines is 1. The molecule has 2 N–H and O–H groups in total. The van der Waals surface area contributed by atoms with Crippen molar-refractivity contribution in [1.82, 2.24) is 19.9 Å². The molecule has 3 aromatic rings. The van der Waals surface area contributed by atoms with Crippen LogP contribution >= 0.6 is 0 Å². The molecule has 6 rings (SSSR count). The predicted octanol–water partition coefficient (Wildman–Crippen LogP) is 3.31. The third kappa shape index (κ3) is 2.93. The van der Waals surface area contributed by atoms with E-state index in [9.17, 15) is 0 Å². The quantitative estimate of drug-likeness (QED) is 0.719. The van der Waals surface area contributed by atoms with Gasteiger partial charge in [-0.15, -0.1) is 0 Å². The topological polar surface area (TPSA) is 66.1 Å². The first-order valence-corrected chi connectivity index (χ1v) is 10.7. The van der Waals surface area contributed by atoms with Crippen LogP contribution in [0.5, 0.6) is 0 Å². The van der Waals surface area contributed by atoms with Crippen LogP contribution in [0.1, 0.15) is 29.3 Å². The van der Waals surface area contributed by atoms with E-state index in [1.54, 1.807) is 6.33 Å². The Labute approximate surface area is 170 Å². The molecule has 4 heterocycles. The zero-order valence-electron chi connectivity index (χ0n) is 16.8. The summed E-state index contributed by atoms with van der Waals surface area (Å²) in [5, 5.41) is 4.91. The summed E-state index contributed by atoms with van der Waals surface area (Å²) in [5.74, 6) is 2.32. The summed E-state index contributed by atoms with van der Waals surface area (Å²) in [6.45, 7) is 6.22. The summed E-state index contributed by atoms with van der Waals surface area (Å²) < 4.78 is 5.71. The van der Waals surface area contributed by atoms with Crippen LogP contribution in [0.25, 0.3) is 11.0 Å². The Morgan fingerprint density at radius 3 is 2.83 bits per heavy atom. The highest BCUT2D eigenvalue weighted by molar-refractivity contribution is 5.87. The number of aromatic nitrogens is 3. The normalized spacial score (nSPS) is 29.1. The largest absolute Gasteiger partial charge is 0.381 e. The molecule has 0 saturated carbocycles. The molecule has 0 bridgehead atoms. The number of rotatable bonds is 3. The smallest absolute Gasteiger partial charge is 0.143 e. The lowest BCUT2D eigenvalue weighted by atomic mass is 9.83. The van der Waals surface area contributed by atoms with Gasteiger partial charge in [0.25, 0.3) is 0 Å². The summed E-state index contributed by atoms with van der Waals surface area (Å²) >= 11 is 0. The van der Waals surface area contributed by atoms with Gasteiger partial charge < -0.3 is 15.0 Å². The van der Waals surface area contributed by atoms with Crippen molar-refractivity contribution in [2.75, 3.05) is 31.6 Å². The molecule has 2 fully saturated rings. The van der Waals surface area contributed by atoms with Crippen molar-refractivity contribution in [3.05, 3.63) is 53.5 Å². The van der Waals surface area contributed by atoms with Gasteiger partial charge in [0.2, 0.25) is 0 Å². The third-order valence-electron chi connectivity index (χ3n) is 7.07. The van der Waals surface area contributed by atoms with E-state index in [0.29, 0.717) is 17.9 Å². The molecule has 2 aromatic heterocycles. The Kier molecular flexibility index (Phi) is 4.09. The Hall–Kier alpha value is -2.44. The van der Waals surface area contributed by atoms with E-state index >= 15 is 0 Å². The van der Waals surface area contributed by atoms with Gasteiger partial charge in [0.1, 0.15) is 17.8 Å². The molecule has 4 atom stereocenters. The highest BCUT2D eigenvalue weighted by Crippen LogP contribution is 2.40. The van der Waals surface area contributed by atoms with Gasteiger partial charge in [-0.25, -0.2) is 9.97 Å². The van der Waals surface area contributed by atoms with Gasteiger partial charge in [0, 0.05) is 36.7 Å². The van der Waals surface area contributed by atoms with Crippen molar-refractivity contribution in [2.24, 2.45) is 11.8 Å². The third-order valence-corrected chi connectivity index (χ3v) is 7.07. The molecule has 0 amide bonds. The van der Waals surface area contributed by atoms with Crippen molar-refractivity contribution >= 4 is 16.9 Å². The van der Waals surface area contributed by atoms with Gasteiger partial charge in [0.05, 0.1) is 24.6 Å². The number of H-pyrrole nitrogens is 1. The molecule has 4 unspecified atom stereocenters. The molecular weight excluding hydrogens is 362 g/mol. The molecule has 2 aliphatic heterocycles. The van der Waals surface area contributed by atoms with E-state index in [4.69, 9.17) is 4.74 Å². The van der Waals surface area contributed by atoms with Crippen LogP contribution < -0.4 is 5.32 Å². The standard InChI is InChI=1S/C23H27N5O/c1-14-8-19-22(26-14)24-13-25-23(19)27-21-18-5-3-2-4-15(18)6-7-20(21)28-9-16-11-29-12-17(16)10-28/h2-5,8,13,16-17,20-21H,6-7,9-12H2,1H3,(H2,24,25,26,27). The maximum absolute atomic E-state index is 5.71. The minimum absolute atomic E-state index is 0.230. The molecule has 0 spiro atoms. The zero-order chi connectivity index (χ0) is 19.4. The fourth-order valence-electron chi connectivity index (χ4n) is 5.64. The van der Waals surface area contributed by atoms with Crippen LogP contribution in [0, 0.1) is 18.8 Å². The number of nitrogens with one attached hydrogen (secondary N) is 2. The second-order valence-electron chi connectivity index (χ2n) is 8.88. The summed E-state index contributed by atoms with van der Waals surface area (Å²) in [5.41, 5.74) is 4.88. The number of hydrogen-bond acceptors (Lipinski definition) is 5. The highest BCUT2D eigenvalue weighted by atomic mass is 16.5. The van der Waals surface area contributed by atoms with Crippen molar-refractivity contribution in [1.29, 1.82) is 0 Å². The maximum Gasteiger partial charge on any atom is 0.143 e. The van der Waals surface area contributed by atoms with Gasteiger partial charge in [-0.05, 0) is 37.0 Å². The number of benzene rings is 1. The lowest BCUT2D eigenvalue weighted by Crippen LogP contribution is -2.44. The van der Waals surface area contributed by atoms with Crippen molar-refractivity contribution < 1.29 is 4.74 Å². The Balaban J connectivity index is 1.37. The molecule has 29 heavy (non-hydrogen) atoms. The molecule has 1 aromatic carbocycles. The number of fused-ring (bicyclic) bond motifs is 3. The second-order valence-corrected chi connectivity index (χ2v) is 8.88. The fourth-order valence-corrected chi connectivity index (χ4v) is 5.64. The van der Waals surface area contributed by atoms with Crippen LogP contribution in [0.3, 0.4) is 0 Å². The highest BCUT2D eigenvalue weighted by Gasteiger charge is 2.43. The molecule has 150 valence electrons. The molecular formula is C23H27N5O. The average Bonchev–Trinajstić information content (AvgIpc) is 3.42. The van der Waals surface area contributed by atoms with E-state index in [0.717, 1.165) is 55.3 Å². The van der Waals surface area contributed by atoms with Crippen LogP contribution in [-0.2, 0) is 11.2 Å². The Morgan fingerprint density at radius 1 is 1.14 bits per heavy atom. The molecule has 3 aliphatic rings. The lowest BCUT2D eigenvalue weighted by molar-refractivity contribution is 0.127. The second kappa shape index (κ2) is 6.82. The first-order chi connectivity index (χ1) is 14.3. The minimum Gasteiger partial charge on any atom is -0.381 e. The van der Waals surface area contributed by atoms with E-state index in [2.05, 4.69) is 62.4 Å². The van der Waals surface area contributed by atoms with Gasteiger partial charge in [-0.1, -0.05) is 24.3 Å². The number of likely N-dealkylation sites (tertiary alicyclic amines) is 1. The van der Waals surface area contributed by atoms with Gasteiger partial charge in [0.15, 0.2) is 0 Å². The minimum atomic E-state index is 0.230. The Morgan fingerprint density at radius 2 is 1.97 bits per heavy atom.